The number of benzene rings is 2. The van der Waals surface area contributed by atoms with E-state index >= 15 is 0 Å². The zero-order valence-corrected chi connectivity index (χ0v) is 13.3. The first-order chi connectivity index (χ1) is 10.0. The van der Waals surface area contributed by atoms with Crippen LogP contribution in [0.15, 0.2) is 46.9 Å². The smallest absolute Gasteiger partial charge is 0.231 e. The molecule has 0 aliphatic carbocycles. The lowest BCUT2D eigenvalue weighted by molar-refractivity contribution is -0.117. The van der Waals surface area contributed by atoms with Crippen LogP contribution in [0.25, 0.3) is 0 Å². The summed E-state index contributed by atoms with van der Waals surface area (Å²) in [5.74, 6) is -0.165. The maximum atomic E-state index is 12.3. The Morgan fingerprint density at radius 2 is 1.90 bits per heavy atom. The van der Waals surface area contributed by atoms with Crippen LogP contribution < -0.4 is 4.90 Å². The van der Waals surface area contributed by atoms with Crippen LogP contribution in [-0.2, 0) is 11.2 Å². The van der Waals surface area contributed by atoms with E-state index in [1.165, 1.54) is 4.90 Å². The Hall–Kier alpha value is -1.65. The van der Waals surface area contributed by atoms with E-state index in [-0.39, 0.29) is 18.2 Å². The molecule has 2 aromatic rings. The van der Waals surface area contributed by atoms with E-state index in [1.54, 1.807) is 24.3 Å². The van der Waals surface area contributed by atoms with Crippen molar-refractivity contribution in [2.75, 3.05) is 11.4 Å². The fourth-order valence-electron chi connectivity index (χ4n) is 2.37. The molecule has 2 aromatic carbocycles. The molecule has 0 atom stereocenters. The molecule has 21 heavy (non-hydrogen) atoms. The second kappa shape index (κ2) is 5.62. The number of ketones is 1. The van der Waals surface area contributed by atoms with Gasteiger partial charge in [-0.1, -0.05) is 45.7 Å². The third kappa shape index (κ3) is 2.87. The van der Waals surface area contributed by atoms with Crippen LogP contribution in [0.2, 0.25) is 5.02 Å². The summed E-state index contributed by atoms with van der Waals surface area (Å²) in [5.41, 5.74) is 2.23. The van der Waals surface area contributed by atoms with Gasteiger partial charge in [0.2, 0.25) is 5.91 Å². The van der Waals surface area contributed by atoms with Gasteiger partial charge in [-0.15, -0.1) is 0 Å². The maximum absolute atomic E-state index is 12.3. The van der Waals surface area contributed by atoms with Gasteiger partial charge in [-0.05, 0) is 29.8 Å². The fraction of sp³-hybridized carbons (Fsp3) is 0.125. The van der Waals surface area contributed by atoms with Crippen LogP contribution in [0.3, 0.4) is 0 Å². The zero-order valence-electron chi connectivity index (χ0n) is 11.0. The van der Waals surface area contributed by atoms with Gasteiger partial charge in [-0.25, -0.2) is 0 Å². The Morgan fingerprint density at radius 1 is 1.19 bits per heavy atom. The number of rotatable bonds is 3. The summed E-state index contributed by atoms with van der Waals surface area (Å²) in [6.07, 6.45) is 0.320. The summed E-state index contributed by atoms with van der Waals surface area (Å²) in [4.78, 5) is 25.9. The number of hydrogen-bond acceptors (Lipinski definition) is 2. The Morgan fingerprint density at radius 3 is 2.62 bits per heavy atom. The molecule has 0 bridgehead atoms. The first-order valence-electron chi connectivity index (χ1n) is 6.42. The molecule has 0 radical (unpaired) electrons. The molecule has 0 fully saturated rings. The minimum Gasteiger partial charge on any atom is -0.304 e. The molecule has 0 N–H and O–H groups in total. The van der Waals surface area contributed by atoms with Crippen LogP contribution in [-0.4, -0.2) is 18.2 Å². The summed E-state index contributed by atoms with van der Waals surface area (Å²) in [6.45, 7) is 0.0355. The summed E-state index contributed by atoms with van der Waals surface area (Å²) < 4.78 is 0.911. The van der Waals surface area contributed by atoms with Gasteiger partial charge in [0.25, 0.3) is 0 Å². The van der Waals surface area contributed by atoms with Crippen molar-refractivity contribution in [3.63, 3.8) is 0 Å². The first kappa shape index (κ1) is 14.3. The van der Waals surface area contributed by atoms with Crippen LogP contribution in [0.5, 0.6) is 0 Å². The molecule has 0 saturated heterocycles. The monoisotopic (exact) mass is 363 g/mol. The maximum Gasteiger partial charge on any atom is 0.231 e. The average molecular weight is 365 g/mol. The Kier molecular flexibility index (Phi) is 3.83. The highest BCUT2D eigenvalue weighted by Crippen LogP contribution is 2.31. The van der Waals surface area contributed by atoms with Crippen molar-refractivity contribution in [1.29, 1.82) is 0 Å². The van der Waals surface area contributed by atoms with Crippen LogP contribution in [0.1, 0.15) is 15.9 Å². The van der Waals surface area contributed by atoms with Crippen molar-refractivity contribution in [3.8, 4) is 0 Å². The minimum atomic E-state index is -0.0938. The molecule has 1 heterocycles. The van der Waals surface area contributed by atoms with E-state index in [1.807, 2.05) is 18.2 Å². The third-order valence-electron chi connectivity index (χ3n) is 3.45. The average Bonchev–Trinajstić information content (AvgIpc) is 2.76. The van der Waals surface area contributed by atoms with Gasteiger partial charge in [0, 0.05) is 20.7 Å². The van der Waals surface area contributed by atoms with E-state index in [0.29, 0.717) is 17.0 Å². The predicted octanol–water partition coefficient (Wildman–Crippen LogP) is 3.87. The van der Waals surface area contributed by atoms with Gasteiger partial charge in [0.1, 0.15) is 0 Å². The predicted molar refractivity (Wildman–Crippen MR) is 86.0 cm³/mol. The first-order valence-corrected chi connectivity index (χ1v) is 7.59. The Balaban J connectivity index is 1.85. The lowest BCUT2D eigenvalue weighted by Gasteiger charge is -2.16. The Bertz CT molecular complexity index is 728. The summed E-state index contributed by atoms with van der Waals surface area (Å²) >= 11 is 9.31. The number of carbonyl (C=O) groups is 2. The number of hydrogen-bond donors (Lipinski definition) is 0. The number of fused-ring (bicyclic) bond motifs is 1. The van der Waals surface area contributed by atoms with E-state index in [9.17, 15) is 9.59 Å². The SMILES string of the molecule is O=C(CN1C(=O)Cc2ccc(Cl)cc21)c1ccc(Br)cc1. The number of anilines is 1. The number of amides is 1. The van der Waals surface area contributed by atoms with E-state index < -0.39 is 0 Å². The summed E-state index contributed by atoms with van der Waals surface area (Å²) in [7, 11) is 0. The quantitative estimate of drug-likeness (QED) is 0.775. The standard InChI is InChI=1S/C16H11BrClNO2/c17-12-4-1-10(2-5-12)15(20)9-19-14-8-13(18)6-3-11(14)7-16(19)21/h1-6,8H,7,9H2. The number of Topliss-reactive ketones (excluding diaryl/α,β-unsaturated/α-hetero) is 1. The fourth-order valence-corrected chi connectivity index (χ4v) is 2.81. The molecule has 106 valence electrons. The van der Waals surface area contributed by atoms with Gasteiger partial charge >= 0.3 is 0 Å². The molecule has 3 nitrogen and oxygen atoms in total. The third-order valence-corrected chi connectivity index (χ3v) is 4.21. The minimum absolute atomic E-state index is 0.0355. The van der Waals surface area contributed by atoms with Gasteiger partial charge in [-0.2, -0.15) is 0 Å². The van der Waals surface area contributed by atoms with Crippen LogP contribution >= 0.6 is 27.5 Å². The van der Waals surface area contributed by atoms with E-state index in [2.05, 4.69) is 15.9 Å². The van der Waals surface area contributed by atoms with Gasteiger partial charge in [0.05, 0.1) is 13.0 Å². The highest BCUT2D eigenvalue weighted by molar-refractivity contribution is 9.10. The molecule has 0 spiro atoms. The van der Waals surface area contributed by atoms with Gasteiger partial charge in [0.15, 0.2) is 5.78 Å². The molecule has 1 amide bonds. The molecule has 5 heteroatoms. The molecule has 0 saturated carbocycles. The van der Waals surface area contributed by atoms with Crippen molar-refractivity contribution >= 4 is 44.9 Å². The Labute approximate surface area is 135 Å². The number of halogens is 2. The normalized spacial score (nSPS) is 13.4. The molecular weight excluding hydrogens is 354 g/mol. The summed E-state index contributed by atoms with van der Waals surface area (Å²) in [5, 5.41) is 0.560. The van der Waals surface area contributed by atoms with Crippen molar-refractivity contribution < 1.29 is 9.59 Å². The largest absolute Gasteiger partial charge is 0.304 e. The van der Waals surface area contributed by atoms with Crippen molar-refractivity contribution in [2.24, 2.45) is 0 Å². The lowest BCUT2D eigenvalue weighted by atomic mass is 10.1. The van der Waals surface area contributed by atoms with Gasteiger partial charge < -0.3 is 4.90 Å². The topological polar surface area (TPSA) is 37.4 Å². The highest BCUT2D eigenvalue weighted by Gasteiger charge is 2.29. The van der Waals surface area contributed by atoms with E-state index in [0.717, 1.165) is 15.7 Å². The van der Waals surface area contributed by atoms with Crippen molar-refractivity contribution in [1.82, 2.24) is 0 Å². The second-order valence-electron chi connectivity index (χ2n) is 4.86. The number of carbonyl (C=O) groups excluding carboxylic acids is 2. The van der Waals surface area contributed by atoms with Crippen LogP contribution in [0, 0.1) is 0 Å². The second-order valence-corrected chi connectivity index (χ2v) is 6.21. The van der Waals surface area contributed by atoms with Gasteiger partial charge in [-0.3, -0.25) is 9.59 Å². The number of nitrogens with zero attached hydrogens (tertiary/aromatic N) is 1. The molecule has 3 rings (SSSR count). The summed E-state index contributed by atoms with van der Waals surface area (Å²) in [6, 6.07) is 12.4. The van der Waals surface area contributed by atoms with Crippen LogP contribution in [0.4, 0.5) is 5.69 Å². The van der Waals surface area contributed by atoms with Crippen molar-refractivity contribution in [2.45, 2.75) is 6.42 Å². The molecule has 1 aliphatic rings. The molecule has 0 aromatic heterocycles. The molecule has 1 aliphatic heterocycles. The van der Waals surface area contributed by atoms with E-state index in [4.69, 9.17) is 11.6 Å². The van der Waals surface area contributed by atoms with Crippen molar-refractivity contribution in [3.05, 3.63) is 63.1 Å². The molecule has 0 unspecified atom stereocenters. The lowest BCUT2D eigenvalue weighted by Crippen LogP contribution is -2.32. The highest BCUT2D eigenvalue weighted by atomic mass is 79.9. The molecular formula is C16H11BrClNO2. The zero-order chi connectivity index (χ0) is 15.0.